The van der Waals surface area contributed by atoms with E-state index in [0.717, 1.165) is 35.4 Å². The Bertz CT molecular complexity index is 776. The van der Waals surface area contributed by atoms with E-state index in [1.54, 1.807) is 0 Å². The Morgan fingerprint density at radius 3 is 3.08 bits per heavy atom. The normalized spacial score (nSPS) is 18.2. The van der Waals surface area contributed by atoms with Crippen molar-refractivity contribution in [1.82, 2.24) is 9.88 Å². The van der Waals surface area contributed by atoms with E-state index in [1.165, 1.54) is 11.3 Å². The minimum Gasteiger partial charge on any atom is -0.492 e. The van der Waals surface area contributed by atoms with Gasteiger partial charge in [-0.1, -0.05) is 17.4 Å². The number of carbonyl (C=O) groups excluding carboxylic acids is 2. The number of ether oxygens (including phenoxy) is 1. The van der Waals surface area contributed by atoms with Crippen LogP contribution in [0.15, 0.2) is 18.2 Å². The lowest BCUT2D eigenvalue weighted by molar-refractivity contribution is -0.124. The number of nitrogens with one attached hydrogen (secondary N) is 1. The average Bonchev–Trinajstić information content (AvgIpc) is 2.98. The van der Waals surface area contributed by atoms with Gasteiger partial charge in [-0.25, -0.2) is 4.98 Å². The zero-order chi connectivity index (χ0) is 17.8. The molecular weight excluding hydrogens is 340 g/mol. The lowest BCUT2D eigenvalue weighted by atomic mass is 9.97. The fraction of sp³-hybridized carbons (Fsp3) is 0.471. The molecule has 0 aliphatic carbocycles. The zero-order valence-corrected chi connectivity index (χ0v) is 15.0. The van der Waals surface area contributed by atoms with Gasteiger partial charge in [-0.05, 0) is 38.4 Å². The number of fused-ring (bicyclic) bond motifs is 1. The highest BCUT2D eigenvalue weighted by molar-refractivity contribution is 7.22. The van der Waals surface area contributed by atoms with E-state index in [9.17, 15) is 9.59 Å². The zero-order valence-electron chi connectivity index (χ0n) is 14.2. The minimum atomic E-state index is -0.365. The summed E-state index contributed by atoms with van der Waals surface area (Å²) in [7, 11) is 0. The summed E-state index contributed by atoms with van der Waals surface area (Å²) in [4.78, 5) is 30.1. The quantitative estimate of drug-likeness (QED) is 0.817. The maximum Gasteiger partial charge on any atom is 0.231 e. The van der Waals surface area contributed by atoms with Crippen molar-refractivity contribution < 1.29 is 14.3 Å². The van der Waals surface area contributed by atoms with Gasteiger partial charge in [0, 0.05) is 6.54 Å². The second-order valence-electron chi connectivity index (χ2n) is 6.08. The second-order valence-corrected chi connectivity index (χ2v) is 7.12. The Kier molecular flexibility index (Phi) is 5.50. The molecule has 0 unspecified atom stereocenters. The largest absolute Gasteiger partial charge is 0.492 e. The van der Waals surface area contributed by atoms with Crippen molar-refractivity contribution in [3.8, 4) is 5.75 Å². The Hall–Kier alpha value is -2.19. The van der Waals surface area contributed by atoms with Gasteiger partial charge in [0.05, 0.1) is 23.8 Å². The molecular formula is C17H22N4O3S. The van der Waals surface area contributed by atoms with E-state index in [4.69, 9.17) is 10.5 Å². The van der Waals surface area contributed by atoms with Gasteiger partial charge in [0.25, 0.3) is 0 Å². The Morgan fingerprint density at radius 2 is 2.32 bits per heavy atom. The fourth-order valence-electron chi connectivity index (χ4n) is 3.09. The van der Waals surface area contributed by atoms with Crippen LogP contribution in [0.4, 0.5) is 5.13 Å². The highest BCUT2D eigenvalue weighted by Gasteiger charge is 2.27. The van der Waals surface area contributed by atoms with Crippen LogP contribution in [-0.4, -0.2) is 47.9 Å². The number of primary amides is 1. The molecule has 0 bridgehead atoms. The summed E-state index contributed by atoms with van der Waals surface area (Å²) < 4.78 is 6.56. The maximum absolute atomic E-state index is 12.6. The van der Waals surface area contributed by atoms with Crippen LogP contribution in [0, 0.1) is 5.92 Å². The van der Waals surface area contributed by atoms with E-state index < -0.39 is 0 Å². The summed E-state index contributed by atoms with van der Waals surface area (Å²) in [6.07, 6.45) is 1.68. The number of aromatic nitrogens is 1. The molecule has 2 amide bonds. The average molecular weight is 362 g/mol. The van der Waals surface area contributed by atoms with E-state index in [1.807, 2.05) is 30.0 Å². The molecule has 2 aromatic rings. The van der Waals surface area contributed by atoms with Crippen LogP contribution in [0.25, 0.3) is 10.2 Å². The molecule has 0 spiro atoms. The van der Waals surface area contributed by atoms with Crippen LogP contribution in [0.3, 0.4) is 0 Å². The molecule has 0 radical (unpaired) electrons. The Labute approximate surface area is 150 Å². The summed E-state index contributed by atoms with van der Waals surface area (Å²) in [6, 6.07) is 5.75. The van der Waals surface area contributed by atoms with Crippen molar-refractivity contribution in [2.45, 2.75) is 19.8 Å². The lowest BCUT2D eigenvalue weighted by Crippen LogP contribution is -2.44. The third kappa shape index (κ3) is 4.26. The number of para-hydroxylation sites is 1. The van der Waals surface area contributed by atoms with Crippen molar-refractivity contribution in [2.75, 3.05) is 31.6 Å². The number of piperidine rings is 1. The summed E-state index contributed by atoms with van der Waals surface area (Å²) in [5.74, 6) is 0.135. The second kappa shape index (κ2) is 7.79. The van der Waals surface area contributed by atoms with Gasteiger partial charge in [0.15, 0.2) is 5.13 Å². The molecule has 2 heterocycles. The molecule has 1 aromatic heterocycles. The van der Waals surface area contributed by atoms with Crippen molar-refractivity contribution in [1.29, 1.82) is 0 Å². The summed E-state index contributed by atoms with van der Waals surface area (Å²) >= 11 is 1.43. The number of benzene rings is 1. The topological polar surface area (TPSA) is 97.5 Å². The summed E-state index contributed by atoms with van der Waals surface area (Å²) in [5.41, 5.74) is 6.02. The molecule has 134 valence electrons. The SMILES string of the molecule is CCOc1cccc2sc(NC(=O)[C@@H]3CCCN(CC(N)=O)C3)nc12. The van der Waals surface area contributed by atoms with Crippen LogP contribution in [0.1, 0.15) is 19.8 Å². The maximum atomic E-state index is 12.6. The molecule has 8 heteroatoms. The van der Waals surface area contributed by atoms with Crippen molar-refractivity contribution >= 4 is 38.5 Å². The van der Waals surface area contributed by atoms with Crippen LogP contribution in [-0.2, 0) is 9.59 Å². The predicted molar refractivity (Wildman–Crippen MR) is 97.8 cm³/mol. The van der Waals surface area contributed by atoms with E-state index >= 15 is 0 Å². The molecule has 1 aliphatic rings. The number of amides is 2. The molecule has 1 atom stereocenters. The summed E-state index contributed by atoms with van der Waals surface area (Å²) in [6.45, 7) is 4.03. The van der Waals surface area contributed by atoms with Gasteiger partial charge in [-0.2, -0.15) is 0 Å². The molecule has 3 rings (SSSR count). The first-order valence-electron chi connectivity index (χ1n) is 8.40. The molecule has 1 aliphatic heterocycles. The fourth-order valence-corrected chi connectivity index (χ4v) is 3.98. The van der Waals surface area contributed by atoms with Gasteiger partial charge in [-0.15, -0.1) is 0 Å². The first-order chi connectivity index (χ1) is 12.1. The van der Waals surface area contributed by atoms with Gasteiger partial charge in [0.1, 0.15) is 11.3 Å². The molecule has 3 N–H and O–H groups in total. The van der Waals surface area contributed by atoms with Crippen molar-refractivity contribution in [3.05, 3.63) is 18.2 Å². The smallest absolute Gasteiger partial charge is 0.231 e. The van der Waals surface area contributed by atoms with Crippen LogP contribution < -0.4 is 15.8 Å². The molecule has 25 heavy (non-hydrogen) atoms. The number of carbonyl (C=O) groups is 2. The monoisotopic (exact) mass is 362 g/mol. The molecule has 0 saturated carbocycles. The van der Waals surface area contributed by atoms with Gasteiger partial charge in [-0.3, -0.25) is 14.5 Å². The number of nitrogens with two attached hydrogens (primary N) is 1. The molecule has 1 fully saturated rings. The first-order valence-corrected chi connectivity index (χ1v) is 9.22. The van der Waals surface area contributed by atoms with E-state index in [2.05, 4.69) is 10.3 Å². The van der Waals surface area contributed by atoms with E-state index in [0.29, 0.717) is 18.3 Å². The molecule has 1 aromatic carbocycles. The Balaban J connectivity index is 1.69. The lowest BCUT2D eigenvalue weighted by Gasteiger charge is -2.30. The highest BCUT2D eigenvalue weighted by Crippen LogP contribution is 2.32. The molecule has 1 saturated heterocycles. The number of rotatable bonds is 6. The third-order valence-electron chi connectivity index (χ3n) is 4.17. The Morgan fingerprint density at radius 1 is 1.48 bits per heavy atom. The van der Waals surface area contributed by atoms with Crippen molar-refractivity contribution in [2.24, 2.45) is 11.7 Å². The molecule has 7 nitrogen and oxygen atoms in total. The van der Waals surface area contributed by atoms with Crippen LogP contribution in [0.5, 0.6) is 5.75 Å². The summed E-state index contributed by atoms with van der Waals surface area (Å²) in [5, 5.41) is 3.48. The predicted octanol–water partition coefficient (Wildman–Crippen LogP) is 1.83. The highest BCUT2D eigenvalue weighted by atomic mass is 32.1. The van der Waals surface area contributed by atoms with E-state index in [-0.39, 0.29) is 24.3 Å². The standard InChI is InChI=1S/C17H22N4O3S/c1-2-24-12-6-3-7-13-15(12)19-17(25-13)20-16(23)11-5-4-8-21(9-11)10-14(18)22/h3,6-7,11H,2,4-5,8-10H2,1H3,(H2,18,22)(H,19,20,23)/t11-/m1/s1. The number of nitrogens with zero attached hydrogens (tertiary/aromatic N) is 2. The van der Waals surface area contributed by atoms with Crippen LogP contribution >= 0.6 is 11.3 Å². The van der Waals surface area contributed by atoms with Crippen molar-refractivity contribution in [3.63, 3.8) is 0 Å². The number of hydrogen-bond acceptors (Lipinski definition) is 6. The van der Waals surface area contributed by atoms with Gasteiger partial charge in [0.2, 0.25) is 11.8 Å². The van der Waals surface area contributed by atoms with Crippen LogP contribution in [0.2, 0.25) is 0 Å². The minimum absolute atomic E-state index is 0.0637. The number of hydrogen-bond donors (Lipinski definition) is 2. The number of thiazole rings is 1. The number of likely N-dealkylation sites (tertiary alicyclic amines) is 1. The first kappa shape index (κ1) is 17.6. The number of anilines is 1. The van der Waals surface area contributed by atoms with Gasteiger partial charge < -0.3 is 15.8 Å². The van der Waals surface area contributed by atoms with Gasteiger partial charge >= 0.3 is 0 Å². The third-order valence-corrected chi connectivity index (χ3v) is 5.10.